The minimum Gasteiger partial charge on any atom is -0.378 e. The molecule has 0 unspecified atom stereocenters. The van der Waals surface area contributed by atoms with Crippen LogP contribution in [-0.4, -0.2) is 65.6 Å². The van der Waals surface area contributed by atoms with Crippen LogP contribution in [0, 0.1) is 10.1 Å². The van der Waals surface area contributed by atoms with Crippen molar-refractivity contribution in [3.63, 3.8) is 0 Å². The molecule has 23 heavy (non-hydrogen) atoms. The molecule has 2 rings (SSSR count). The molecule has 0 bridgehead atoms. The highest BCUT2D eigenvalue weighted by Gasteiger charge is 2.30. The van der Waals surface area contributed by atoms with Gasteiger partial charge in [0.2, 0.25) is 17.6 Å². The Labute approximate surface area is 136 Å². The fraction of sp³-hybridized carbons (Fsp3) is 0.714. The van der Waals surface area contributed by atoms with Gasteiger partial charge in [-0.2, -0.15) is 9.97 Å². The SMILES string of the molecule is CCN1CCN(c2nc(N(CC)CC)nc(N)c2[N+](=O)[O-])CC1. The largest absolute Gasteiger partial charge is 0.378 e. The van der Waals surface area contributed by atoms with E-state index in [0.29, 0.717) is 24.9 Å². The summed E-state index contributed by atoms with van der Waals surface area (Å²) in [6.45, 7) is 11.6. The lowest BCUT2D eigenvalue weighted by Crippen LogP contribution is -2.46. The van der Waals surface area contributed by atoms with Gasteiger partial charge in [-0.25, -0.2) is 0 Å². The third-order valence-corrected chi connectivity index (χ3v) is 4.23. The molecular weight excluding hydrogens is 298 g/mol. The first kappa shape index (κ1) is 17.2. The molecule has 0 radical (unpaired) electrons. The van der Waals surface area contributed by atoms with Crippen LogP contribution in [0.25, 0.3) is 0 Å². The van der Waals surface area contributed by atoms with Crippen LogP contribution in [0.5, 0.6) is 0 Å². The van der Waals surface area contributed by atoms with Crippen molar-refractivity contribution in [2.24, 2.45) is 0 Å². The van der Waals surface area contributed by atoms with Gasteiger partial charge in [0.15, 0.2) is 0 Å². The number of nitrogens with zero attached hydrogens (tertiary/aromatic N) is 6. The van der Waals surface area contributed by atoms with E-state index in [9.17, 15) is 10.1 Å². The van der Waals surface area contributed by atoms with Crippen LogP contribution in [0.3, 0.4) is 0 Å². The van der Waals surface area contributed by atoms with E-state index >= 15 is 0 Å². The van der Waals surface area contributed by atoms with Crippen molar-refractivity contribution in [1.82, 2.24) is 14.9 Å². The highest BCUT2D eigenvalue weighted by atomic mass is 16.6. The van der Waals surface area contributed by atoms with Crippen LogP contribution >= 0.6 is 0 Å². The van der Waals surface area contributed by atoms with E-state index in [1.807, 2.05) is 23.6 Å². The number of hydrogen-bond acceptors (Lipinski definition) is 8. The van der Waals surface area contributed by atoms with E-state index < -0.39 is 4.92 Å². The molecule has 0 amide bonds. The Kier molecular flexibility index (Phi) is 5.54. The summed E-state index contributed by atoms with van der Waals surface area (Å²) in [5.41, 5.74) is 5.68. The van der Waals surface area contributed by atoms with Gasteiger partial charge < -0.3 is 20.4 Å². The second-order valence-electron chi connectivity index (χ2n) is 5.43. The summed E-state index contributed by atoms with van der Waals surface area (Å²) in [5.74, 6) is 0.714. The van der Waals surface area contributed by atoms with Crippen molar-refractivity contribution in [1.29, 1.82) is 0 Å². The Morgan fingerprint density at radius 1 is 1.17 bits per heavy atom. The van der Waals surface area contributed by atoms with Crippen LogP contribution in [-0.2, 0) is 0 Å². The molecule has 0 aromatic carbocycles. The average Bonchev–Trinajstić information content (AvgIpc) is 2.55. The zero-order chi connectivity index (χ0) is 17.0. The van der Waals surface area contributed by atoms with Crippen LogP contribution in [0.4, 0.5) is 23.3 Å². The normalized spacial score (nSPS) is 15.7. The summed E-state index contributed by atoms with van der Waals surface area (Å²) in [5, 5.41) is 11.4. The van der Waals surface area contributed by atoms with Gasteiger partial charge in [0.05, 0.1) is 4.92 Å². The van der Waals surface area contributed by atoms with E-state index in [1.54, 1.807) is 0 Å². The van der Waals surface area contributed by atoms with Gasteiger partial charge in [0, 0.05) is 39.3 Å². The van der Waals surface area contributed by atoms with Crippen molar-refractivity contribution in [3.8, 4) is 0 Å². The van der Waals surface area contributed by atoms with Crippen molar-refractivity contribution in [3.05, 3.63) is 10.1 Å². The number of nitrogen functional groups attached to an aromatic ring is 1. The van der Waals surface area contributed by atoms with Crippen LogP contribution < -0.4 is 15.5 Å². The monoisotopic (exact) mass is 323 g/mol. The van der Waals surface area contributed by atoms with Gasteiger partial charge in [-0.1, -0.05) is 6.92 Å². The molecule has 0 aliphatic carbocycles. The molecule has 128 valence electrons. The maximum absolute atomic E-state index is 11.4. The number of nitro groups is 1. The zero-order valence-corrected chi connectivity index (χ0v) is 14.0. The first-order valence-electron chi connectivity index (χ1n) is 8.05. The Morgan fingerprint density at radius 2 is 1.78 bits per heavy atom. The van der Waals surface area contributed by atoms with E-state index in [4.69, 9.17) is 5.73 Å². The molecule has 0 saturated carbocycles. The van der Waals surface area contributed by atoms with E-state index in [-0.39, 0.29) is 11.5 Å². The lowest BCUT2D eigenvalue weighted by atomic mass is 10.3. The Bertz CT molecular complexity index is 554. The molecule has 1 saturated heterocycles. The Balaban J connectivity index is 2.40. The predicted octanol–water partition coefficient (Wildman–Crippen LogP) is 0.955. The lowest BCUT2D eigenvalue weighted by molar-refractivity contribution is -0.383. The van der Waals surface area contributed by atoms with Gasteiger partial charge in [-0.15, -0.1) is 0 Å². The number of likely N-dealkylation sites (N-methyl/N-ethyl adjacent to an activating group) is 1. The highest BCUT2D eigenvalue weighted by molar-refractivity contribution is 5.71. The maximum atomic E-state index is 11.4. The smallest absolute Gasteiger partial charge is 0.353 e. The maximum Gasteiger partial charge on any atom is 0.353 e. The molecule has 1 aliphatic rings. The summed E-state index contributed by atoms with van der Waals surface area (Å²) in [4.78, 5) is 25.7. The number of hydrogen-bond donors (Lipinski definition) is 1. The quantitative estimate of drug-likeness (QED) is 0.609. The lowest BCUT2D eigenvalue weighted by Gasteiger charge is -2.34. The summed E-state index contributed by atoms with van der Waals surface area (Å²) in [6, 6.07) is 0. The summed E-state index contributed by atoms with van der Waals surface area (Å²) in [6.07, 6.45) is 0. The minimum atomic E-state index is -0.483. The number of nitrogens with two attached hydrogens (primary N) is 1. The second-order valence-corrected chi connectivity index (χ2v) is 5.43. The topological polar surface area (TPSA) is 105 Å². The average molecular weight is 323 g/mol. The summed E-state index contributed by atoms with van der Waals surface area (Å²) < 4.78 is 0. The molecule has 0 atom stereocenters. The molecule has 9 heteroatoms. The zero-order valence-electron chi connectivity index (χ0n) is 14.0. The molecule has 2 N–H and O–H groups in total. The Hall–Kier alpha value is -2.16. The highest BCUT2D eigenvalue weighted by Crippen LogP contribution is 2.33. The molecular formula is C14H25N7O2. The molecule has 1 fully saturated rings. The second kappa shape index (κ2) is 7.40. The number of piperazine rings is 1. The first-order chi connectivity index (χ1) is 11.0. The van der Waals surface area contributed by atoms with E-state index in [2.05, 4.69) is 21.8 Å². The third-order valence-electron chi connectivity index (χ3n) is 4.23. The van der Waals surface area contributed by atoms with Gasteiger partial charge in [-0.3, -0.25) is 10.1 Å². The predicted molar refractivity (Wildman–Crippen MR) is 91.0 cm³/mol. The molecule has 1 aromatic rings. The standard InChI is InChI=1S/C14H25N7O2/c1-4-18-7-9-20(10-8-18)13-11(21(22)23)12(15)16-14(17-13)19(5-2)6-3/h4-10H2,1-3H3,(H2,15,16,17). The van der Waals surface area contributed by atoms with Gasteiger partial charge in [0.25, 0.3) is 0 Å². The fourth-order valence-electron chi connectivity index (χ4n) is 2.77. The summed E-state index contributed by atoms with van der Waals surface area (Å²) in [7, 11) is 0. The van der Waals surface area contributed by atoms with Crippen molar-refractivity contribution >= 4 is 23.3 Å². The van der Waals surface area contributed by atoms with Crippen molar-refractivity contribution in [2.75, 3.05) is 61.3 Å². The number of aromatic nitrogens is 2. The molecule has 9 nitrogen and oxygen atoms in total. The van der Waals surface area contributed by atoms with Gasteiger partial charge >= 0.3 is 5.69 Å². The van der Waals surface area contributed by atoms with Crippen LogP contribution in [0.2, 0.25) is 0 Å². The van der Waals surface area contributed by atoms with Gasteiger partial charge in [-0.05, 0) is 20.4 Å². The molecule has 1 aliphatic heterocycles. The summed E-state index contributed by atoms with van der Waals surface area (Å²) >= 11 is 0. The molecule has 0 spiro atoms. The number of rotatable bonds is 6. The molecule has 2 heterocycles. The van der Waals surface area contributed by atoms with Crippen molar-refractivity contribution in [2.45, 2.75) is 20.8 Å². The van der Waals surface area contributed by atoms with Gasteiger partial charge in [0.1, 0.15) is 0 Å². The van der Waals surface area contributed by atoms with E-state index in [0.717, 1.165) is 32.7 Å². The van der Waals surface area contributed by atoms with Crippen molar-refractivity contribution < 1.29 is 4.92 Å². The van der Waals surface area contributed by atoms with Crippen LogP contribution in [0.15, 0.2) is 0 Å². The van der Waals surface area contributed by atoms with E-state index in [1.165, 1.54) is 0 Å². The fourth-order valence-corrected chi connectivity index (χ4v) is 2.77. The third kappa shape index (κ3) is 3.61. The number of anilines is 3. The first-order valence-corrected chi connectivity index (χ1v) is 8.05. The van der Waals surface area contributed by atoms with Crippen LogP contribution in [0.1, 0.15) is 20.8 Å². The molecule has 1 aromatic heterocycles. The minimum absolute atomic E-state index is 0.0696. The Morgan fingerprint density at radius 3 is 2.26 bits per heavy atom.